The van der Waals surface area contributed by atoms with E-state index >= 15 is 0 Å². The fraction of sp³-hybridized carbons (Fsp3) is 0.564. The Hall–Kier alpha value is -3.37. The van der Waals surface area contributed by atoms with E-state index in [0.29, 0.717) is 28.7 Å². The molecule has 0 aliphatic heterocycles. The summed E-state index contributed by atoms with van der Waals surface area (Å²) in [6.45, 7) is 18.4. The van der Waals surface area contributed by atoms with Crippen molar-refractivity contribution in [1.29, 1.82) is 0 Å². The molecule has 1 atom stereocenters. The Morgan fingerprint density at radius 3 is 1.96 bits per heavy atom. The second-order valence-electron chi connectivity index (χ2n) is 15.6. The van der Waals surface area contributed by atoms with E-state index in [1.807, 2.05) is 39.1 Å². The van der Waals surface area contributed by atoms with Crippen molar-refractivity contribution in [2.75, 3.05) is 0 Å². The lowest BCUT2D eigenvalue weighted by molar-refractivity contribution is -0.130. The lowest BCUT2D eigenvalue weighted by Gasteiger charge is -2.41. The SMILES string of the molecule is CCCCCCCCCCC(Oc1ccc(S(=O)(=O)c2ccc(C)cc2)cc1)C(=O)NC(C)(C)C(C)(C)c1nnc2c(Cl)c(C(C)(C)C)[nH]n12. The highest BCUT2D eigenvalue weighted by atomic mass is 35.5. The normalized spacial score (nSPS) is 13.5. The molecule has 0 spiro atoms. The standard InChI is InChI=1S/C39H56ClN5O4S/c1-10-11-12-13-14-15-16-17-18-31(49-28-21-25-30(26-22-28)50(47,48)29-23-19-27(2)20-24-29)35(46)41-39(8,9)38(6,7)36-43-42-34-32(40)33(37(3,4)5)44-45(34)36/h19-26,31,44H,10-18H2,1-9H3,(H,41,46). The maximum atomic E-state index is 14.1. The largest absolute Gasteiger partial charge is 0.481 e. The number of sulfone groups is 1. The van der Waals surface area contributed by atoms with Gasteiger partial charge in [-0.1, -0.05) is 116 Å². The molecule has 11 heteroatoms. The molecule has 9 nitrogen and oxygen atoms in total. The van der Waals surface area contributed by atoms with Crippen LogP contribution in [0, 0.1) is 6.92 Å². The monoisotopic (exact) mass is 725 g/mol. The first-order valence-corrected chi connectivity index (χ1v) is 19.8. The zero-order valence-electron chi connectivity index (χ0n) is 31.3. The summed E-state index contributed by atoms with van der Waals surface area (Å²) in [5, 5.41) is 16.1. The van der Waals surface area contributed by atoms with Crippen LogP contribution < -0.4 is 10.1 Å². The van der Waals surface area contributed by atoms with Crippen molar-refractivity contribution >= 4 is 33.0 Å². The Balaban J connectivity index is 1.53. The van der Waals surface area contributed by atoms with Gasteiger partial charge in [0.05, 0.1) is 15.5 Å². The van der Waals surface area contributed by atoms with E-state index in [1.165, 1.54) is 44.2 Å². The Morgan fingerprint density at radius 2 is 1.40 bits per heavy atom. The molecule has 50 heavy (non-hydrogen) atoms. The first-order chi connectivity index (χ1) is 23.4. The summed E-state index contributed by atoms with van der Waals surface area (Å²) in [5.74, 6) is 0.823. The second-order valence-corrected chi connectivity index (χ2v) is 18.0. The number of nitrogens with one attached hydrogen (secondary N) is 2. The van der Waals surface area contributed by atoms with Crippen molar-refractivity contribution in [1.82, 2.24) is 25.1 Å². The molecule has 0 aliphatic carbocycles. The van der Waals surface area contributed by atoms with E-state index in [0.717, 1.165) is 30.5 Å². The van der Waals surface area contributed by atoms with Crippen LogP contribution in [0.5, 0.6) is 5.75 Å². The molecule has 274 valence electrons. The van der Waals surface area contributed by atoms with E-state index in [2.05, 4.69) is 48.3 Å². The van der Waals surface area contributed by atoms with Crippen molar-refractivity contribution in [3.8, 4) is 5.75 Å². The number of H-pyrrole nitrogens is 1. The van der Waals surface area contributed by atoms with Gasteiger partial charge in [-0.25, -0.2) is 12.9 Å². The van der Waals surface area contributed by atoms with Crippen molar-refractivity contribution in [3.05, 3.63) is 70.6 Å². The minimum Gasteiger partial charge on any atom is -0.481 e. The van der Waals surface area contributed by atoms with Gasteiger partial charge in [-0.05, 0) is 70.0 Å². The quantitative estimate of drug-likeness (QED) is 0.105. The summed E-state index contributed by atoms with van der Waals surface area (Å²) < 4.78 is 34.6. The van der Waals surface area contributed by atoms with Gasteiger partial charge in [0.2, 0.25) is 9.84 Å². The van der Waals surface area contributed by atoms with Gasteiger partial charge in [0, 0.05) is 16.4 Å². The number of fused-ring (bicyclic) bond motifs is 1. The molecule has 0 aliphatic rings. The molecule has 0 bridgehead atoms. The molecule has 0 saturated carbocycles. The molecule has 1 unspecified atom stereocenters. The molecule has 2 aromatic heterocycles. The highest BCUT2D eigenvalue weighted by Gasteiger charge is 2.45. The molecule has 2 aromatic carbocycles. The van der Waals surface area contributed by atoms with Crippen molar-refractivity contribution in [2.24, 2.45) is 0 Å². The molecular weight excluding hydrogens is 670 g/mol. The summed E-state index contributed by atoms with van der Waals surface area (Å²) in [4.78, 5) is 14.5. The first-order valence-electron chi connectivity index (χ1n) is 17.9. The molecule has 2 heterocycles. The van der Waals surface area contributed by atoms with Crippen LogP contribution in [-0.4, -0.2) is 45.8 Å². The maximum Gasteiger partial charge on any atom is 0.261 e. The van der Waals surface area contributed by atoms with Gasteiger partial charge in [0.25, 0.3) is 5.91 Å². The average Bonchev–Trinajstić information content (AvgIpc) is 3.62. The molecule has 0 saturated heterocycles. The molecule has 4 aromatic rings. The molecule has 1 amide bonds. The number of ether oxygens (including phenoxy) is 1. The van der Waals surface area contributed by atoms with E-state index in [9.17, 15) is 13.2 Å². The van der Waals surface area contributed by atoms with Crippen LogP contribution >= 0.6 is 11.6 Å². The summed E-state index contributed by atoms with van der Waals surface area (Å²) in [5.41, 5.74) is 0.675. The van der Waals surface area contributed by atoms with Crippen LogP contribution in [0.3, 0.4) is 0 Å². The van der Waals surface area contributed by atoms with Crippen molar-refractivity contribution < 1.29 is 17.9 Å². The van der Waals surface area contributed by atoms with Gasteiger partial charge in [-0.3, -0.25) is 9.89 Å². The maximum absolute atomic E-state index is 14.1. The highest BCUT2D eigenvalue weighted by Crippen LogP contribution is 2.37. The Kier molecular flexibility index (Phi) is 12.5. The molecular formula is C39H56ClN5O4S. The minimum absolute atomic E-state index is 0.166. The number of unbranched alkanes of at least 4 members (excludes halogenated alkanes) is 7. The first kappa shape index (κ1) is 39.4. The van der Waals surface area contributed by atoms with Crippen LogP contribution in [0.1, 0.15) is 130 Å². The number of rotatable bonds is 17. The number of amides is 1. The molecule has 2 N–H and O–H groups in total. The predicted molar refractivity (Wildman–Crippen MR) is 201 cm³/mol. The number of nitrogens with zero attached hydrogens (tertiary/aromatic N) is 3. The summed E-state index contributed by atoms with van der Waals surface area (Å²) in [6.07, 6.45) is 8.85. The number of hydrogen-bond acceptors (Lipinski definition) is 6. The third kappa shape index (κ3) is 8.91. The van der Waals surface area contributed by atoms with Crippen LogP contribution in [0.2, 0.25) is 5.02 Å². The summed E-state index contributed by atoms with van der Waals surface area (Å²) >= 11 is 6.72. The Labute approximate surface area is 303 Å². The minimum atomic E-state index is -3.69. The summed E-state index contributed by atoms with van der Waals surface area (Å²) in [7, 11) is -3.69. The molecule has 0 fully saturated rings. The third-order valence-corrected chi connectivity index (χ3v) is 12.1. The van der Waals surface area contributed by atoms with Crippen molar-refractivity contribution in [2.45, 2.75) is 152 Å². The van der Waals surface area contributed by atoms with Gasteiger partial charge >= 0.3 is 0 Å². The van der Waals surface area contributed by atoms with Gasteiger partial charge < -0.3 is 10.1 Å². The number of benzene rings is 2. The second kappa shape index (κ2) is 15.9. The van der Waals surface area contributed by atoms with Crippen LogP contribution in [0.25, 0.3) is 5.65 Å². The number of aromatic nitrogens is 4. The zero-order valence-corrected chi connectivity index (χ0v) is 32.9. The fourth-order valence-electron chi connectivity index (χ4n) is 5.95. The Bertz CT molecular complexity index is 1840. The number of aromatic amines is 1. The predicted octanol–water partition coefficient (Wildman–Crippen LogP) is 9.30. The number of halogens is 1. The van der Waals surface area contributed by atoms with Gasteiger partial charge in [0.15, 0.2) is 17.6 Å². The zero-order chi connectivity index (χ0) is 36.9. The summed E-state index contributed by atoms with van der Waals surface area (Å²) in [6, 6.07) is 13.1. The van der Waals surface area contributed by atoms with Crippen LogP contribution in [0.15, 0.2) is 58.3 Å². The third-order valence-electron chi connectivity index (χ3n) is 9.97. The number of carbonyl (C=O) groups excluding carboxylic acids is 1. The molecule has 4 rings (SSSR count). The van der Waals surface area contributed by atoms with Crippen LogP contribution in [-0.2, 0) is 25.5 Å². The van der Waals surface area contributed by atoms with E-state index in [-0.39, 0.29) is 21.1 Å². The lowest BCUT2D eigenvalue weighted by atomic mass is 9.73. The van der Waals surface area contributed by atoms with Crippen molar-refractivity contribution in [3.63, 3.8) is 0 Å². The van der Waals surface area contributed by atoms with E-state index in [1.54, 1.807) is 36.4 Å². The topological polar surface area (TPSA) is 118 Å². The van der Waals surface area contributed by atoms with Gasteiger partial charge in [-0.2, -0.15) is 0 Å². The number of hydrogen-bond donors (Lipinski definition) is 2. The smallest absolute Gasteiger partial charge is 0.261 e. The number of carbonyl (C=O) groups is 1. The van der Waals surface area contributed by atoms with Crippen LogP contribution in [0.4, 0.5) is 0 Å². The van der Waals surface area contributed by atoms with E-state index < -0.39 is 26.9 Å². The Morgan fingerprint density at radius 1 is 0.860 bits per heavy atom. The fourth-order valence-corrected chi connectivity index (χ4v) is 7.66. The number of aryl methyl sites for hydroxylation is 1. The average molecular weight is 726 g/mol. The van der Waals surface area contributed by atoms with E-state index in [4.69, 9.17) is 16.3 Å². The van der Waals surface area contributed by atoms with Gasteiger partial charge in [-0.15, -0.1) is 10.2 Å². The van der Waals surface area contributed by atoms with Gasteiger partial charge in [0.1, 0.15) is 10.8 Å². The highest BCUT2D eigenvalue weighted by molar-refractivity contribution is 7.91. The lowest BCUT2D eigenvalue weighted by Crippen LogP contribution is -2.59. The molecule has 0 radical (unpaired) electrons.